The molecule has 0 radical (unpaired) electrons. The van der Waals surface area contributed by atoms with E-state index in [2.05, 4.69) is 32.4 Å². The number of anilines is 1. The highest BCUT2D eigenvalue weighted by Gasteiger charge is 2.15. The topological polar surface area (TPSA) is 68.0 Å². The van der Waals surface area contributed by atoms with Crippen molar-refractivity contribution in [3.63, 3.8) is 0 Å². The van der Waals surface area contributed by atoms with Crippen molar-refractivity contribution in [3.05, 3.63) is 34.3 Å². The van der Waals surface area contributed by atoms with Crippen LogP contribution in [0.2, 0.25) is 0 Å². The molecule has 3 aromatic heterocycles. The van der Waals surface area contributed by atoms with E-state index in [-0.39, 0.29) is 6.04 Å². The zero-order valence-electron chi connectivity index (χ0n) is 11.0. The summed E-state index contributed by atoms with van der Waals surface area (Å²) in [5.74, 6) is 0.734. The number of fused-ring (bicyclic) bond motifs is 1. The highest BCUT2D eigenvalue weighted by Crippen LogP contribution is 2.27. The Labute approximate surface area is 114 Å². The van der Waals surface area contributed by atoms with E-state index in [0.717, 1.165) is 22.2 Å². The van der Waals surface area contributed by atoms with Gasteiger partial charge in [0.15, 0.2) is 5.82 Å². The van der Waals surface area contributed by atoms with Crippen LogP contribution >= 0.6 is 11.3 Å². The maximum Gasteiger partial charge on any atom is 0.203 e. The van der Waals surface area contributed by atoms with Gasteiger partial charge in [-0.3, -0.25) is 4.40 Å². The minimum absolute atomic E-state index is 0.140. The summed E-state index contributed by atoms with van der Waals surface area (Å²) in [5.41, 5.74) is 1.80. The van der Waals surface area contributed by atoms with Gasteiger partial charge in [0.25, 0.3) is 0 Å². The van der Waals surface area contributed by atoms with Crippen LogP contribution in [0.1, 0.15) is 28.5 Å². The molecule has 1 atom stereocenters. The number of hydrogen-bond acceptors (Lipinski definition) is 6. The lowest BCUT2D eigenvalue weighted by molar-refractivity contribution is 0.877. The van der Waals surface area contributed by atoms with Crippen LogP contribution in [0.4, 0.5) is 5.82 Å². The normalized spacial score (nSPS) is 12.8. The molecule has 3 aromatic rings. The average Bonchev–Trinajstić information content (AvgIpc) is 2.96. The van der Waals surface area contributed by atoms with E-state index in [0.29, 0.717) is 0 Å². The highest BCUT2D eigenvalue weighted by atomic mass is 32.1. The van der Waals surface area contributed by atoms with Crippen molar-refractivity contribution in [2.45, 2.75) is 26.8 Å². The highest BCUT2D eigenvalue weighted by molar-refractivity contribution is 7.11. The summed E-state index contributed by atoms with van der Waals surface area (Å²) in [6, 6.07) is 0.140. The second-order valence-corrected chi connectivity index (χ2v) is 5.62. The molecule has 0 fully saturated rings. The van der Waals surface area contributed by atoms with Crippen LogP contribution in [0.15, 0.2) is 18.7 Å². The van der Waals surface area contributed by atoms with Crippen LogP contribution in [0, 0.1) is 13.8 Å². The predicted molar refractivity (Wildman–Crippen MR) is 74.4 cm³/mol. The van der Waals surface area contributed by atoms with Gasteiger partial charge in [-0.15, -0.1) is 21.5 Å². The Morgan fingerprint density at radius 3 is 2.95 bits per heavy atom. The van der Waals surface area contributed by atoms with E-state index in [1.807, 2.05) is 24.4 Å². The smallest absolute Gasteiger partial charge is 0.203 e. The number of aryl methyl sites for hydroxylation is 2. The fourth-order valence-corrected chi connectivity index (χ4v) is 3.01. The molecule has 0 aliphatic carbocycles. The first kappa shape index (κ1) is 12.0. The molecule has 0 spiro atoms. The lowest BCUT2D eigenvalue weighted by Gasteiger charge is -2.13. The summed E-state index contributed by atoms with van der Waals surface area (Å²) in [7, 11) is 0. The molecule has 3 rings (SSSR count). The van der Waals surface area contributed by atoms with Crippen LogP contribution in [0.3, 0.4) is 0 Å². The standard InChI is InChI=1S/C12H14N6S/c1-7-10(19-9(3)15-7)8(2)16-11-12-17-14-6-18(12)5-4-13-11/h4-6,8H,1-3H3,(H,13,16). The van der Waals surface area contributed by atoms with Crippen molar-refractivity contribution < 1.29 is 0 Å². The number of hydrogen-bond donors (Lipinski definition) is 1. The van der Waals surface area contributed by atoms with E-state index in [1.165, 1.54) is 4.88 Å². The van der Waals surface area contributed by atoms with Crippen LogP contribution < -0.4 is 5.32 Å². The fourth-order valence-electron chi connectivity index (χ4n) is 2.08. The van der Waals surface area contributed by atoms with Crippen LogP contribution in [-0.2, 0) is 0 Å². The maximum absolute atomic E-state index is 4.45. The minimum Gasteiger partial charge on any atom is -0.360 e. The summed E-state index contributed by atoms with van der Waals surface area (Å²) in [6.45, 7) is 6.15. The number of nitrogens with zero attached hydrogens (tertiary/aromatic N) is 5. The summed E-state index contributed by atoms with van der Waals surface area (Å²) in [5, 5.41) is 12.4. The monoisotopic (exact) mass is 274 g/mol. The first-order valence-electron chi connectivity index (χ1n) is 6.00. The molecule has 0 saturated heterocycles. The van der Waals surface area contributed by atoms with E-state index < -0.39 is 0 Å². The zero-order valence-corrected chi connectivity index (χ0v) is 11.8. The SMILES string of the molecule is Cc1nc(C)c(C(C)Nc2nccn3cnnc23)s1. The second-order valence-electron chi connectivity index (χ2n) is 4.39. The zero-order chi connectivity index (χ0) is 13.4. The molecule has 3 heterocycles. The third-order valence-corrected chi connectivity index (χ3v) is 4.16. The van der Waals surface area contributed by atoms with Gasteiger partial charge in [0.2, 0.25) is 5.65 Å². The van der Waals surface area contributed by atoms with E-state index in [1.54, 1.807) is 23.9 Å². The van der Waals surface area contributed by atoms with Crippen LogP contribution in [0.25, 0.3) is 5.65 Å². The molecule has 19 heavy (non-hydrogen) atoms. The van der Waals surface area contributed by atoms with Gasteiger partial charge in [-0.05, 0) is 20.8 Å². The molecular formula is C12H14N6S. The predicted octanol–water partition coefficient (Wildman–Crippen LogP) is 2.37. The molecular weight excluding hydrogens is 260 g/mol. The Morgan fingerprint density at radius 2 is 2.21 bits per heavy atom. The van der Waals surface area contributed by atoms with Crippen LogP contribution in [-0.4, -0.2) is 24.6 Å². The lowest BCUT2D eigenvalue weighted by atomic mass is 10.2. The second kappa shape index (κ2) is 4.58. The number of aromatic nitrogens is 5. The molecule has 6 nitrogen and oxygen atoms in total. The Hall–Kier alpha value is -2.02. The van der Waals surface area contributed by atoms with Crippen molar-refractivity contribution in [2.24, 2.45) is 0 Å². The molecule has 0 saturated carbocycles. The molecule has 0 amide bonds. The summed E-state index contributed by atoms with van der Waals surface area (Å²) < 4.78 is 1.84. The third kappa shape index (κ3) is 2.17. The van der Waals surface area contributed by atoms with E-state index in [9.17, 15) is 0 Å². The van der Waals surface area contributed by atoms with Gasteiger partial charge >= 0.3 is 0 Å². The first-order chi connectivity index (χ1) is 9.15. The molecule has 1 unspecified atom stereocenters. The molecule has 0 aliphatic rings. The summed E-state index contributed by atoms with van der Waals surface area (Å²) in [6.07, 6.45) is 5.22. The van der Waals surface area contributed by atoms with Gasteiger partial charge in [-0.2, -0.15) is 0 Å². The minimum atomic E-state index is 0.140. The van der Waals surface area contributed by atoms with Crippen molar-refractivity contribution in [2.75, 3.05) is 5.32 Å². The number of rotatable bonds is 3. The third-order valence-electron chi connectivity index (χ3n) is 2.90. The molecule has 0 aromatic carbocycles. The van der Waals surface area contributed by atoms with Crippen molar-refractivity contribution in [1.82, 2.24) is 24.6 Å². The number of thiazole rings is 1. The molecule has 0 aliphatic heterocycles. The first-order valence-corrected chi connectivity index (χ1v) is 6.81. The molecule has 0 bridgehead atoms. The van der Waals surface area contributed by atoms with Gasteiger partial charge in [0, 0.05) is 17.3 Å². The molecule has 7 heteroatoms. The van der Waals surface area contributed by atoms with Crippen molar-refractivity contribution in [1.29, 1.82) is 0 Å². The molecule has 1 N–H and O–H groups in total. The average molecular weight is 274 g/mol. The Bertz CT molecular complexity index is 716. The number of nitrogens with one attached hydrogen (secondary N) is 1. The summed E-state index contributed by atoms with van der Waals surface area (Å²) in [4.78, 5) is 10.0. The van der Waals surface area contributed by atoms with Crippen LogP contribution in [0.5, 0.6) is 0 Å². The van der Waals surface area contributed by atoms with Crippen molar-refractivity contribution >= 4 is 22.8 Å². The Morgan fingerprint density at radius 1 is 1.37 bits per heavy atom. The van der Waals surface area contributed by atoms with Crippen molar-refractivity contribution in [3.8, 4) is 0 Å². The van der Waals surface area contributed by atoms with Gasteiger partial charge < -0.3 is 5.32 Å². The Balaban J connectivity index is 1.92. The largest absolute Gasteiger partial charge is 0.360 e. The van der Waals surface area contributed by atoms with Gasteiger partial charge in [0.1, 0.15) is 6.33 Å². The fraction of sp³-hybridized carbons (Fsp3) is 0.333. The van der Waals surface area contributed by atoms with Gasteiger partial charge in [-0.1, -0.05) is 0 Å². The van der Waals surface area contributed by atoms with Gasteiger partial charge in [-0.25, -0.2) is 9.97 Å². The Kier molecular flexibility index (Phi) is 2.90. The maximum atomic E-state index is 4.45. The quantitative estimate of drug-likeness (QED) is 0.794. The van der Waals surface area contributed by atoms with E-state index >= 15 is 0 Å². The van der Waals surface area contributed by atoms with E-state index in [4.69, 9.17) is 0 Å². The van der Waals surface area contributed by atoms with Gasteiger partial charge in [0.05, 0.1) is 16.7 Å². The lowest BCUT2D eigenvalue weighted by Crippen LogP contribution is -2.09. The molecule has 98 valence electrons. The summed E-state index contributed by atoms with van der Waals surface area (Å²) >= 11 is 1.70.